The zero-order valence-corrected chi connectivity index (χ0v) is 14.9. The van der Waals surface area contributed by atoms with Crippen molar-refractivity contribution in [2.24, 2.45) is 0 Å². The number of nitrogens with one attached hydrogen (secondary N) is 2. The number of aromatic nitrogens is 3. The van der Waals surface area contributed by atoms with Crippen LogP contribution in [0.2, 0.25) is 0 Å². The van der Waals surface area contributed by atoms with Gasteiger partial charge in [-0.3, -0.25) is 9.59 Å². The van der Waals surface area contributed by atoms with Gasteiger partial charge in [-0.05, 0) is 40.2 Å². The number of hydrogen-bond acceptors (Lipinski definition) is 4. The van der Waals surface area contributed by atoms with Gasteiger partial charge in [-0.25, -0.2) is 9.67 Å². The van der Waals surface area contributed by atoms with Gasteiger partial charge in [0.25, 0.3) is 5.91 Å². The first-order valence-electron chi connectivity index (χ1n) is 8.28. The summed E-state index contributed by atoms with van der Waals surface area (Å²) >= 11 is 0. The minimum Gasteiger partial charge on any atom is -0.354 e. The number of rotatable bonds is 6. The molecule has 0 spiro atoms. The molecule has 2 aromatic heterocycles. The second-order valence-corrected chi connectivity index (χ2v) is 6.20. The smallest absolute Gasteiger partial charge is 0.253 e. The summed E-state index contributed by atoms with van der Waals surface area (Å²) in [6.07, 6.45) is 2.56. The van der Waals surface area contributed by atoms with Crippen LogP contribution in [0.15, 0.2) is 12.3 Å². The van der Waals surface area contributed by atoms with Crippen molar-refractivity contribution in [2.75, 3.05) is 6.54 Å². The molecular formula is C17H25N5O2. The minimum atomic E-state index is -0.600. The van der Waals surface area contributed by atoms with Crippen LogP contribution >= 0.6 is 0 Å². The van der Waals surface area contributed by atoms with Crippen LogP contribution in [0.4, 0.5) is 0 Å². The van der Waals surface area contributed by atoms with Crippen molar-refractivity contribution in [1.29, 1.82) is 0 Å². The molecule has 2 aromatic rings. The molecule has 130 valence electrons. The summed E-state index contributed by atoms with van der Waals surface area (Å²) in [6.45, 7) is 10.1. The topological polar surface area (TPSA) is 88.9 Å². The number of hydrogen-bond donors (Lipinski definition) is 2. The van der Waals surface area contributed by atoms with Gasteiger partial charge in [0.15, 0.2) is 5.65 Å². The summed E-state index contributed by atoms with van der Waals surface area (Å²) in [5, 5.41) is 10.6. The first-order valence-corrected chi connectivity index (χ1v) is 8.28. The summed E-state index contributed by atoms with van der Waals surface area (Å²) in [4.78, 5) is 28.9. The Kier molecular flexibility index (Phi) is 5.54. The summed E-state index contributed by atoms with van der Waals surface area (Å²) in [7, 11) is 0. The molecule has 0 saturated heterocycles. The maximum atomic E-state index is 12.5. The van der Waals surface area contributed by atoms with Gasteiger partial charge in [0.2, 0.25) is 5.91 Å². The van der Waals surface area contributed by atoms with Crippen LogP contribution in [-0.2, 0) is 4.79 Å². The van der Waals surface area contributed by atoms with E-state index < -0.39 is 6.04 Å². The fourth-order valence-electron chi connectivity index (χ4n) is 2.41. The number of aryl methyl sites for hydroxylation is 1. The molecule has 0 aliphatic carbocycles. The van der Waals surface area contributed by atoms with E-state index >= 15 is 0 Å². The Morgan fingerprint density at radius 2 is 2.00 bits per heavy atom. The summed E-state index contributed by atoms with van der Waals surface area (Å²) in [6, 6.07) is 1.36. The SMILES string of the molecule is CCCNC(=O)[C@@H](C)NC(=O)c1cc2cnn(C(C)C)c2nc1C. The quantitative estimate of drug-likeness (QED) is 0.847. The van der Waals surface area contributed by atoms with Gasteiger partial charge in [0.05, 0.1) is 17.5 Å². The molecule has 7 heteroatoms. The number of carbonyl (C=O) groups excluding carboxylic acids is 2. The molecule has 0 aromatic carbocycles. The van der Waals surface area contributed by atoms with Gasteiger partial charge < -0.3 is 10.6 Å². The fraction of sp³-hybridized carbons (Fsp3) is 0.529. The van der Waals surface area contributed by atoms with Crippen LogP contribution in [0, 0.1) is 6.92 Å². The summed E-state index contributed by atoms with van der Waals surface area (Å²) in [5.74, 6) is -0.497. The number of carbonyl (C=O) groups is 2. The lowest BCUT2D eigenvalue weighted by molar-refractivity contribution is -0.122. The van der Waals surface area contributed by atoms with Crippen molar-refractivity contribution >= 4 is 22.8 Å². The van der Waals surface area contributed by atoms with E-state index in [1.807, 2.05) is 25.5 Å². The first-order chi connectivity index (χ1) is 11.3. The lowest BCUT2D eigenvalue weighted by atomic mass is 10.1. The molecule has 1 atom stereocenters. The van der Waals surface area contributed by atoms with Crippen LogP contribution < -0.4 is 10.6 Å². The third-order valence-electron chi connectivity index (χ3n) is 3.78. The normalized spacial score (nSPS) is 12.4. The molecule has 0 aliphatic rings. The number of amides is 2. The highest BCUT2D eigenvalue weighted by Crippen LogP contribution is 2.19. The molecule has 0 aliphatic heterocycles. The van der Waals surface area contributed by atoms with Crippen LogP contribution in [-0.4, -0.2) is 39.2 Å². The number of nitrogens with zero attached hydrogens (tertiary/aromatic N) is 3. The fourth-order valence-corrected chi connectivity index (χ4v) is 2.41. The average molecular weight is 331 g/mol. The van der Waals surface area contributed by atoms with Gasteiger partial charge in [0.1, 0.15) is 6.04 Å². The Labute approximate surface area is 141 Å². The van der Waals surface area contributed by atoms with E-state index in [0.717, 1.165) is 17.5 Å². The second-order valence-electron chi connectivity index (χ2n) is 6.20. The zero-order valence-electron chi connectivity index (χ0n) is 14.9. The van der Waals surface area contributed by atoms with Gasteiger partial charge in [-0.2, -0.15) is 5.10 Å². The van der Waals surface area contributed by atoms with E-state index in [2.05, 4.69) is 20.7 Å². The van der Waals surface area contributed by atoms with Gasteiger partial charge >= 0.3 is 0 Å². The lowest BCUT2D eigenvalue weighted by Gasteiger charge is -2.15. The van der Waals surface area contributed by atoms with Crippen LogP contribution in [0.5, 0.6) is 0 Å². The highest BCUT2D eigenvalue weighted by molar-refractivity contribution is 6.00. The highest BCUT2D eigenvalue weighted by atomic mass is 16.2. The standard InChI is InChI=1S/C17H25N5O2/c1-6-7-18-16(23)12(5)21-17(24)14-8-13-9-19-22(10(2)3)15(13)20-11(14)4/h8-10,12H,6-7H2,1-5H3,(H,18,23)(H,21,24)/t12-/m1/s1. The van der Waals surface area contributed by atoms with Gasteiger partial charge in [-0.1, -0.05) is 6.92 Å². The Morgan fingerprint density at radius 3 is 2.62 bits per heavy atom. The van der Waals surface area contributed by atoms with Crippen molar-refractivity contribution < 1.29 is 9.59 Å². The maximum absolute atomic E-state index is 12.5. The second kappa shape index (κ2) is 7.42. The van der Waals surface area contributed by atoms with Crippen LogP contribution in [0.25, 0.3) is 11.0 Å². The molecule has 0 unspecified atom stereocenters. The molecule has 0 fully saturated rings. The molecule has 0 saturated carbocycles. The summed E-state index contributed by atoms with van der Waals surface area (Å²) in [5.41, 5.74) is 1.83. The van der Waals surface area contributed by atoms with E-state index in [9.17, 15) is 9.59 Å². The van der Waals surface area contributed by atoms with Crippen molar-refractivity contribution in [3.05, 3.63) is 23.5 Å². The third kappa shape index (κ3) is 3.72. The molecule has 0 bridgehead atoms. The van der Waals surface area contributed by atoms with Crippen LogP contribution in [0.3, 0.4) is 0 Å². The van der Waals surface area contributed by atoms with E-state index in [4.69, 9.17) is 0 Å². The van der Waals surface area contributed by atoms with Crippen molar-refractivity contribution in [3.63, 3.8) is 0 Å². The largest absolute Gasteiger partial charge is 0.354 e. The zero-order chi connectivity index (χ0) is 17.9. The predicted octanol–water partition coefficient (Wildman–Crippen LogP) is 1.97. The van der Waals surface area contributed by atoms with E-state index in [0.29, 0.717) is 17.8 Å². The van der Waals surface area contributed by atoms with Crippen LogP contribution in [0.1, 0.15) is 56.2 Å². The molecule has 24 heavy (non-hydrogen) atoms. The molecule has 2 heterocycles. The molecule has 2 rings (SSSR count). The van der Waals surface area contributed by atoms with E-state index in [1.54, 1.807) is 26.1 Å². The van der Waals surface area contributed by atoms with Crippen molar-refractivity contribution in [1.82, 2.24) is 25.4 Å². The maximum Gasteiger partial charge on any atom is 0.253 e. The average Bonchev–Trinajstić information content (AvgIpc) is 2.94. The molecule has 7 nitrogen and oxygen atoms in total. The number of fused-ring (bicyclic) bond motifs is 1. The van der Waals surface area contributed by atoms with Crippen molar-refractivity contribution in [2.45, 2.75) is 53.1 Å². The molecular weight excluding hydrogens is 306 g/mol. The summed E-state index contributed by atoms with van der Waals surface area (Å²) < 4.78 is 1.82. The Balaban J connectivity index is 2.20. The molecule has 2 amide bonds. The van der Waals surface area contributed by atoms with Gasteiger partial charge in [-0.15, -0.1) is 0 Å². The van der Waals surface area contributed by atoms with E-state index in [-0.39, 0.29) is 17.9 Å². The predicted molar refractivity (Wildman–Crippen MR) is 92.9 cm³/mol. The monoisotopic (exact) mass is 331 g/mol. The minimum absolute atomic E-state index is 0.190. The Morgan fingerprint density at radius 1 is 1.29 bits per heavy atom. The third-order valence-corrected chi connectivity index (χ3v) is 3.78. The lowest BCUT2D eigenvalue weighted by Crippen LogP contribution is -2.45. The first kappa shape index (κ1) is 17.9. The number of pyridine rings is 1. The van der Waals surface area contributed by atoms with Crippen molar-refractivity contribution in [3.8, 4) is 0 Å². The Bertz CT molecular complexity index is 751. The molecule has 0 radical (unpaired) electrons. The van der Waals surface area contributed by atoms with E-state index in [1.165, 1.54) is 0 Å². The highest BCUT2D eigenvalue weighted by Gasteiger charge is 2.19. The Hall–Kier alpha value is -2.44. The van der Waals surface area contributed by atoms with Gasteiger partial charge in [0, 0.05) is 18.0 Å². The molecule has 2 N–H and O–H groups in total.